The quantitative estimate of drug-likeness (QED) is 0.915. The monoisotopic (exact) mass is 280 g/mol. The summed E-state index contributed by atoms with van der Waals surface area (Å²) in [4.78, 5) is 2.56. The molecule has 1 aromatic rings. The first-order valence-electron chi connectivity index (χ1n) is 7.24. The number of benzene rings is 1. The van der Waals surface area contributed by atoms with Crippen molar-refractivity contribution in [1.29, 1.82) is 0 Å². The van der Waals surface area contributed by atoms with E-state index >= 15 is 0 Å². The van der Waals surface area contributed by atoms with Gasteiger partial charge in [-0.3, -0.25) is 4.90 Å². The summed E-state index contributed by atoms with van der Waals surface area (Å²) in [7, 11) is 0. The van der Waals surface area contributed by atoms with Gasteiger partial charge in [0.2, 0.25) is 0 Å². The maximum Gasteiger partial charge on any atom is 0.0474 e. The Kier molecular flexibility index (Phi) is 4.88. The van der Waals surface area contributed by atoms with Crippen LogP contribution in [0.5, 0.6) is 0 Å². The molecular weight excluding hydrogens is 256 g/mol. The summed E-state index contributed by atoms with van der Waals surface area (Å²) in [6, 6.07) is 8.98. The molecule has 106 valence electrons. The lowest BCUT2D eigenvalue weighted by atomic mass is 9.84. The van der Waals surface area contributed by atoms with Gasteiger partial charge >= 0.3 is 0 Å². The largest absolute Gasteiger partial charge is 0.329 e. The Morgan fingerprint density at radius 3 is 2.74 bits per heavy atom. The van der Waals surface area contributed by atoms with Gasteiger partial charge < -0.3 is 5.73 Å². The zero-order chi connectivity index (χ0) is 14.0. The molecule has 1 fully saturated rings. The SMILES string of the molecule is CC1CC(C)C(C)N(C(CN)c2cccc(Cl)c2)C1. The lowest BCUT2D eigenvalue weighted by Crippen LogP contribution is -2.49. The zero-order valence-corrected chi connectivity index (χ0v) is 12.9. The van der Waals surface area contributed by atoms with E-state index in [-0.39, 0.29) is 6.04 Å². The molecule has 4 unspecified atom stereocenters. The van der Waals surface area contributed by atoms with E-state index in [1.807, 2.05) is 12.1 Å². The van der Waals surface area contributed by atoms with E-state index in [0.29, 0.717) is 12.6 Å². The molecule has 0 saturated carbocycles. The van der Waals surface area contributed by atoms with Gasteiger partial charge in [-0.2, -0.15) is 0 Å². The van der Waals surface area contributed by atoms with E-state index < -0.39 is 0 Å². The number of piperidine rings is 1. The van der Waals surface area contributed by atoms with E-state index in [4.69, 9.17) is 17.3 Å². The molecule has 3 heteroatoms. The van der Waals surface area contributed by atoms with Gasteiger partial charge in [0, 0.05) is 30.2 Å². The minimum atomic E-state index is 0.277. The van der Waals surface area contributed by atoms with Crippen LogP contribution in [0.25, 0.3) is 0 Å². The van der Waals surface area contributed by atoms with E-state index in [1.165, 1.54) is 12.0 Å². The molecule has 0 spiro atoms. The number of likely N-dealkylation sites (tertiary alicyclic amines) is 1. The first-order valence-corrected chi connectivity index (χ1v) is 7.62. The Balaban J connectivity index is 2.25. The molecule has 19 heavy (non-hydrogen) atoms. The third-order valence-corrected chi connectivity index (χ3v) is 4.74. The van der Waals surface area contributed by atoms with Crippen LogP contribution in [0.4, 0.5) is 0 Å². The van der Waals surface area contributed by atoms with Crippen LogP contribution in [0.15, 0.2) is 24.3 Å². The Hall–Kier alpha value is -0.570. The van der Waals surface area contributed by atoms with Crippen LogP contribution >= 0.6 is 11.6 Å². The zero-order valence-electron chi connectivity index (χ0n) is 12.1. The minimum absolute atomic E-state index is 0.277. The molecule has 0 aromatic heterocycles. The van der Waals surface area contributed by atoms with Crippen molar-refractivity contribution < 1.29 is 0 Å². The molecule has 2 N–H and O–H groups in total. The number of hydrogen-bond acceptors (Lipinski definition) is 2. The fourth-order valence-corrected chi connectivity index (χ4v) is 3.55. The van der Waals surface area contributed by atoms with Crippen LogP contribution in [0, 0.1) is 11.8 Å². The summed E-state index contributed by atoms with van der Waals surface area (Å²) in [5.41, 5.74) is 7.29. The van der Waals surface area contributed by atoms with Gasteiger partial charge in [-0.25, -0.2) is 0 Å². The summed E-state index contributed by atoms with van der Waals surface area (Å²) >= 11 is 6.12. The Bertz CT molecular complexity index is 421. The van der Waals surface area contributed by atoms with Crippen molar-refractivity contribution in [3.05, 3.63) is 34.9 Å². The second kappa shape index (κ2) is 6.25. The molecule has 0 amide bonds. The molecule has 1 aliphatic rings. The van der Waals surface area contributed by atoms with Gasteiger partial charge in [0.1, 0.15) is 0 Å². The highest BCUT2D eigenvalue weighted by Crippen LogP contribution is 2.34. The predicted molar refractivity (Wildman–Crippen MR) is 82.4 cm³/mol. The van der Waals surface area contributed by atoms with E-state index in [1.54, 1.807) is 0 Å². The number of nitrogens with zero attached hydrogens (tertiary/aromatic N) is 1. The van der Waals surface area contributed by atoms with Crippen molar-refractivity contribution >= 4 is 11.6 Å². The summed E-state index contributed by atoms with van der Waals surface area (Å²) in [5, 5.41) is 0.793. The number of rotatable bonds is 3. The highest BCUT2D eigenvalue weighted by Gasteiger charge is 2.33. The Morgan fingerprint density at radius 1 is 1.37 bits per heavy atom. The Morgan fingerprint density at radius 2 is 2.11 bits per heavy atom. The van der Waals surface area contributed by atoms with Crippen molar-refractivity contribution in [3.8, 4) is 0 Å². The number of hydrogen-bond donors (Lipinski definition) is 1. The molecule has 0 bridgehead atoms. The highest BCUT2D eigenvalue weighted by atomic mass is 35.5. The second-order valence-corrected chi connectivity index (χ2v) is 6.50. The van der Waals surface area contributed by atoms with Crippen LogP contribution in [0.3, 0.4) is 0 Å². The lowest BCUT2D eigenvalue weighted by Gasteiger charge is -2.45. The minimum Gasteiger partial charge on any atom is -0.329 e. The summed E-state index contributed by atoms with van der Waals surface area (Å²) in [6.45, 7) is 8.77. The van der Waals surface area contributed by atoms with E-state index in [9.17, 15) is 0 Å². The van der Waals surface area contributed by atoms with Crippen LogP contribution < -0.4 is 5.73 Å². The number of halogens is 1. The lowest BCUT2D eigenvalue weighted by molar-refractivity contribution is 0.0424. The molecule has 0 radical (unpaired) electrons. The summed E-state index contributed by atoms with van der Waals surface area (Å²) in [6.07, 6.45) is 1.31. The first-order chi connectivity index (χ1) is 9.02. The first kappa shape index (κ1) is 14.8. The molecule has 1 heterocycles. The molecule has 0 aliphatic carbocycles. The van der Waals surface area contributed by atoms with E-state index in [0.717, 1.165) is 23.4 Å². The van der Waals surface area contributed by atoms with Crippen molar-refractivity contribution in [2.75, 3.05) is 13.1 Å². The van der Waals surface area contributed by atoms with Crippen LogP contribution in [0.1, 0.15) is 38.8 Å². The average molecular weight is 281 g/mol. The molecule has 1 saturated heterocycles. The van der Waals surface area contributed by atoms with Gasteiger partial charge in [-0.05, 0) is 42.9 Å². The third-order valence-electron chi connectivity index (χ3n) is 4.50. The number of nitrogens with two attached hydrogens (primary N) is 1. The fourth-order valence-electron chi connectivity index (χ4n) is 3.35. The second-order valence-electron chi connectivity index (χ2n) is 6.06. The normalized spacial score (nSPS) is 30.3. The predicted octanol–water partition coefficient (Wildman–Crippen LogP) is 3.71. The standard InChI is InChI=1S/C16H25ClN2/c1-11-7-12(2)13(3)19(10-11)16(9-18)14-5-4-6-15(17)8-14/h4-6,8,11-13,16H,7,9-10,18H2,1-3H3. The topological polar surface area (TPSA) is 29.3 Å². The van der Waals surface area contributed by atoms with Gasteiger partial charge in [0.15, 0.2) is 0 Å². The van der Waals surface area contributed by atoms with Crippen LogP contribution in [-0.2, 0) is 0 Å². The van der Waals surface area contributed by atoms with Crippen molar-refractivity contribution in [1.82, 2.24) is 4.90 Å². The van der Waals surface area contributed by atoms with Crippen molar-refractivity contribution in [3.63, 3.8) is 0 Å². The summed E-state index contributed by atoms with van der Waals surface area (Å²) in [5.74, 6) is 1.46. The summed E-state index contributed by atoms with van der Waals surface area (Å²) < 4.78 is 0. The van der Waals surface area contributed by atoms with Gasteiger partial charge in [0.05, 0.1) is 0 Å². The Labute approximate surface area is 121 Å². The van der Waals surface area contributed by atoms with Crippen LogP contribution in [0.2, 0.25) is 5.02 Å². The van der Waals surface area contributed by atoms with Crippen LogP contribution in [-0.4, -0.2) is 24.0 Å². The van der Waals surface area contributed by atoms with Crippen molar-refractivity contribution in [2.45, 2.75) is 39.3 Å². The molecule has 1 aromatic carbocycles. The molecule has 4 atom stereocenters. The smallest absolute Gasteiger partial charge is 0.0474 e. The van der Waals surface area contributed by atoms with E-state index in [2.05, 4.69) is 37.8 Å². The highest BCUT2D eigenvalue weighted by molar-refractivity contribution is 6.30. The third kappa shape index (κ3) is 3.31. The van der Waals surface area contributed by atoms with Crippen molar-refractivity contribution in [2.24, 2.45) is 17.6 Å². The molecular formula is C16H25ClN2. The van der Waals surface area contributed by atoms with Gasteiger partial charge in [-0.15, -0.1) is 0 Å². The molecule has 1 aliphatic heterocycles. The fraction of sp³-hybridized carbons (Fsp3) is 0.625. The molecule has 2 nitrogen and oxygen atoms in total. The maximum atomic E-state index is 6.12. The maximum absolute atomic E-state index is 6.12. The van der Waals surface area contributed by atoms with Gasteiger partial charge in [0.25, 0.3) is 0 Å². The molecule has 2 rings (SSSR count). The average Bonchev–Trinajstić information content (AvgIpc) is 2.36. The van der Waals surface area contributed by atoms with Gasteiger partial charge in [-0.1, -0.05) is 37.6 Å².